The fourth-order valence-electron chi connectivity index (χ4n) is 1.62. The van der Waals surface area contributed by atoms with Crippen molar-refractivity contribution in [1.82, 2.24) is 20.1 Å². The van der Waals surface area contributed by atoms with Crippen molar-refractivity contribution < 1.29 is 0 Å². The first-order chi connectivity index (χ1) is 9.76. The topological polar surface area (TPSA) is 62.7 Å². The maximum absolute atomic E-state index is 11.3. The number of hydrogen-bond acceptors (Lipinski definition) is 4. The molecule has 0 aliphatic heterocycles. The molecule has 0 aliphatic rings. The van der Waals surface area contributed by atoms with Gasteiger partial charge in [-0.2, -0.15) is 0 Å². The largest absolute Gasteiger partial charge is 0.343 e. The van der Waals surface area contributed by atoms with Gasteiger partial charge < -0.3 is 5.32 Å². The van der Waals surface area contributed by atoms with Crippen molar-refractivity contribution in [3.05, 3.63) is 38.7 Å². The van der Waals surface area contributed by atoms with Crippen LogP contribution in [-0.2, 0) is 13.6 Å². The van der Waals surface area contributed by atoms with Crippen molar-refractivity contribution in [2.75, 3.05) is 0 Å². The molecule has 0 unspecified atom stereocenters. The summed E-state index contributed by atoms with van der Waals surface area (Å²) in [5, 5.41) is 10.5. The first-order valence-corrected chi connectivity index (χ1v) is 8.20. The highest BCUT2D eigenvalue weighted by molar-refractivity contribution is 9.10. The molecular weight excluding hydrogens is 352 g/mol. The molecular formula is C14H19BrN4OS. The van der Waals surface area contributed by atoms with Crippen molar-refractivity contribution in [3.63, 3.8) is 0 Å². The predicted molar refractivity (Wildman–Crippen MR) is 88.7 cm³/mol. The Morgan fingerprint density at radius 3 is 2.67 bits per heavy atom. The molecule has 0 fully saturated rings. The lowest BCUT2D eigenvalue weighted by atomic mass is 10.1. The van der Waals surface area contributed by atoms with E-state index < -0.39 is 0 Å². The predicted octanol–water partition coefficient (Wildman–Crippen LogP) is 2.91. The van der Waals surface area contributed by atoms with Gasteiger partial charge in [0.05, 0.1) is 0 Å². The number of H-pyrrole nitrogens is 1. The SMILES string of the molecule is Cn1c(Sc2ccc(CNC(C)(C)C)c(Br)c2)n[nH]c1=O. The van der Waals surface area contributed by atoms with Crippen molar-refractivity contribution in [2.24, 2.45) is 7.05 Å². The van der Waals surface area contributed by atoms with Gasteiger partial charge in [0.15, 0.2) is 5.16 Å². The Kier molecular flexibility index (Phi) is 4.95. The smallest absolute Gasteiger partial charge is 0.308 e. The van der Waals surface area contributed by atoms with Crippen LogP contribution in [0.15, 0.2) is 37.5 Å². The highest BCUT2D eigenvalue weighted by atomic mass is 79.9. The number of benzene rings is 1. The van der Waals surface area contributed by atoms with E-state index in [4.69, 9.17) is 0 Å². The summed E-state index contributed by atoms with van der Waals surface area (Å²) < 4.78 is 2.54. The van der Waals surface area contributed by atoms with Gasteiger partial charge in [-0.3, -0.25) is 4.57 Å². The molecule has 1 aromatic heterocycles. The lowest BCUT2D eigenvalue weighted by molar-refractivity contribution is 0.424. The van der Waals surface area contributed by atoms with Crippen molar-refractivity contribution in [2.45, 2.75) is 42.9 Å². The normalized spacial score (nSPS) is 11.9. The Morgan fingerprint density at radius 2 is 2.14 bits per heavy atom. The highest BCUT2D eigenvalue weighted by Gasteiger charge is 2.11. The van der Waals surface area contributed by atoms with Gasteiger partial charge in [-0.25, -0.2) is 9.89 Å². The van der Waals surface area contributed by atoms with Gasteiger partial charge in [0, 0.05) is 28.5 Å². The van der Waals surface area contributed by atoms with Crippen LogP contribution in [0.2, 0.25) is 0 Å². The molecule has 0 aliphatic carbocycles. The quantitative estimate of drug-likeness (QED) is 0.868. The van der Waals surface area contributed by atoms with Gasteiger partial charge in [0.2, 0.25) is 0 Å². The molecule has 0 saturated carbocycles. The lowest BCUT2D eigenvalue weighted by Crippen LogP contribution is -2.35. The molecule has 1 aromatic carbocycles. The number of halogens is 1. The first kappa shape index (κ1) is 16.3. The molecule has 21 heavy (non-hydrogen) atoms. The summed E-state index contributed by atoms with van der Waals surface area (Å²) in [7, 11) is 1.70. The van der Waals surface area contributed by atoms with Crippen LogP contribution in [0.4, 0.5) is 0 Å². The number of nitrogens with one attached hydrogen (secondary N) is 2. The van der Waals surface area contributed by atoms with E-state index in [0.717, 1.165) is 15.9 Å². The van der Waals surface area contributed by atoms with Gasteiger partial charge in [-0.1, -0.05) is 22.0 Å². The van der Waals surface area contributed by atoms with Crippen LogP contribution < -0.4 is 11.0 Å². The van der Waals surface area contributed by atoms with Crippen LogP contribution in [0.3, 0.4) is 0 Å². The number of aromatic nitrogens is 3. The van der Waals surface area contributed by atoms with Gasteiger partial charge >= 0.3 is 5.69 Å². The molecule has 114 valence electrons. The zero-order chi connectivity index (χ0) is 15.6. The standard InChI is InChI=1S/C14H19BrN4OS/c1-14(2,3)16-8-9-5-6-10(7-11(9)15)21-13-18-17-12(20)19(13)4/h5-7,16H,8H2,1-4H3,(H,17,20). The lowest BCUT2D eigenvalue weighted by Gasteiger charge is -2.21. The molecule has 0 atom stereocenters. The summed E-state index contributed by atoms with van der Waals surface area (Å²) in [6, 6.07) is 6.16. The molecule has 0 spiro atoms. The summed E-state index contributed by atoms with van der Waals surface area (Å²) in [6.45, 7) is 7.23. The third-order valence-electron chi connectivity index (χ3n) is 2.88. The number of aromatic amines is 1. The third kappa shape index (κ3) is 4.46. The fraction of sp³-hybridized carbons (Fsp3) is 0.429. The van der Waals surface area contributed by atoms with E-state index >= 15 is 0 Å². The Morgan fingerprint density at radius 1 is 1.43 bits per heavy atom. The van der Waals surface area contributed by atoms with Crippen molar-refractivity contribution >= 4 is 27.7 Å². The Hall–Kier alpha value is -1.05. The van der Waals surface area contributed by atoms with Crippen LogP contribution >= 0.6 is 27.7 Å². The molecule has 2 rings (SSSR count). The maximum atomic E-state index is 11.3. The Labute approximate surface area is 136 Å². The van der Waals surface area contributed by atoms with Gasteiger partial charge in [0.1, 0.15) is 0 Å². The maximum Gasteiger partial charge on any atom is 0.343 e. The average molecular weight is 371 g/mol. The second-order valence-electron chi connectivity index (χ2n) is 5.83. The van der Waals surface area contributed by atoms with Crippen LogP contribution in [-0.4, -0.2) is 20.3 Å². The van der Waals surface area contributed by atoms with Crippen LogP contribution in [0.25, 0.3) is 0 Å². The van der Waals surface area contributed by atoms with Gasteiger partial charge in [0.25, 0.3) is 0 Å². The molecule has 5 nitrogen and oxygen atoms in total. The van der Waals surface area contributed by atoms with Crippen molar-refractivity contribution in [1.29, 1.82) is 0 Å². The van der Waals surface area contributed by atoms with Crippen LogP contribution in [0.1, 0.15) is 26.3 Å². The molecule has 7 heteroatoms. The summed E-state index contributed by atoms with van der Waals surface area (Å²) in [6.07, 6.45) is 0. The average Bonchev–Trinajstić information content (AvgIpc) is 2.69. The number of hydrogen-bond donors (Lipinski definition) is 2. The van der Waals surface area contributed by atoms with E-state index in [1.165, 1.54) is 21.9 Å². The van der Waals surface area contributed by atoms with Crippen molar-refractivity contribution in [3.8, 4) is 0 Å². The summed E-state index contributed by atoms with van der Waals surface area (Å²) >= 11 is 5.05. The molecule has 0 bridgehead atoms. The number of nitrogens with zero attached hydrogens (tertiary/aromatic N) is 2. The van der Waals surface area contributed by atoms with Gasteiger partial charge in [-0.15, -0.1) is 5.10 Å². The molecule has 2 aromatic rings. The second-order valence-corrected chi connectivity index (χ2v) is 7.72. The van der Waals surface area contributed by atoms with Gasteiger partial charge in [-0.05, 0) is 50.2 Å². The zero-order valence-electron chi connectivity index (χ0n) is 12.5. The zero-order valence-corrected chi connectivity index (χ0v) is 14.9. The van der Waals surface area contributed by atoms with E-state index in [0.29, 0.717) is 5.16 Å². The minimum atomic E-state index is -0.206. The van der Waals surface area contributed by atoms with E-state index in [2.05, 4.69) is 58.3 Å². The van der Waals surface area contributed by atoms with Crippen LogP contribution in [0, 0.1) is 0 Å². The molecule has 0 amide bonds. The molecule has 0 saturated heterocycles. The van der Waals surface area contributed by atoms with E-state index in [1.807, 2.05) is 12.1 Å². The molecule has 2 N–H and O–H groups in total. The Bertz CT molecular complexity index is 687. The monoisotopic (exact) mass is 370 g/mol. The minimum Gasteiger partial charge on any atom is -0.308 e. The van der Waals surface area contributed by atoms with Crippen LogP contribution in [0.5, 0.6) is 0 Å². The minimum absolute atomic E-state index is 0.0835. The molecule has 1 heterocycles. The molecule has 0 radical (unpaired) electrons. The van der Waals surface area contributed by atoms with E-state index in [9.17, 15) is 4.79 Å². The summed E-state index contributed by atoms with van der Waals surface area (Å²) in [4.78, 5) is 12.4. The third-order valence-corrected chi connectivity index (χ3v) is 4.66. The summed E-state index contributed by atoms with van der Waals surface area (Å²) in [5.41, 5.74) is 1.08. The summed E-state index contributed by atoms with van der Waals surface area (Å²) in [5.74, 6) is 0. The first-order valence-electron chi connectivity index (χ1n) is 6.59. The number of rotatable bonds is 4. The van der Waals surface area contributed by atoms with E-state index in [-0.39, 0.29) is 11.2 Å². The van der Waals surface area contributed by atoms with E-state index in [1.54, 1.807) is 7.05 Å². The fourth-order valence-corrected chi connectivity index (χ4v) is 3.13. The second kappa shape index (κ2) is 6.37. The Balaban J connectivity index is 2.12. The highest BCUT2D eigenvalue weighted by Crippen LogP contribution is 2.29.